The predicted octanol–water partition coefficient (Wildman–Crippen LogP) is 18.1. The van der Waals surface area contributed by atoms with E-state index in [1.807, 2.05) is 6.08 Å². The minimum absolute atomic E-state index is 0.109. The molecule has 6 heteroatoms. The van der Waals surface area contributed by atoms with Crippen molar-refractivity contribution in [2.45, 2.75) is 252 Å². The Morgan fingerprint density at radius 2 is 0.636 bits per heavy atom. The van der Waals surface area contributed by atoms with Gasteiger partial charge in [-0.25, -0.2) is 0 Å². The first-order valence-corrected chi connectivity index (χ1v) is 27.2. The quantitative estimate of drug-likeness (QED) is 0.0262. The number of allylic oxidation sites excluding steroid dienone is 16. The molecule has 0 aromatic carbocycles. The second-order valence-electron chi connectivity index (χ2n) is 17.7. The molecule has 0 spiro atoms. The van der Waals surface area contributed by atoms with Crippen LogP contribution in [-0.4, -0.2) is 37.2 Å². The minimum Gasteiger partial charge on any atom is -0.462 e. The highest BCUT2D eigenvalue weighted by Crippen LogP contribution is 2.14. The maximum atomic E-state index is 12.8. The molecule has 0 saturated heterocycles. The van der Waals surface area contributed by atoms with E-state index >= 15 is 0 Å². The van der Waals surface area contributed by atoms with E-state index in [9.17, 15) is 14.4 Å². The first-order valence-electron chi connectivity index (χ1n) is 27.2. The molecule has 0 saturated carbocycles. The minimum atomic E-state index is -0.815. The third-order valence-corrected chi connectivity index (χ3v) is 11.3. The van der Waals surface area contributed by atoms with Crippen LogP contribution in [0.1, 0.15) is 245 Å². The number of carbonyl (C=O) groups is 3. The van der Waals surface area contributed by atoms with E-state index in [-0.39, 0.29) is 37.5 Å². The molecule has 0 rings (SSSR count). The Kier molecular flexibility index (Phi) is 50.9. The lowest BCUT2D eigenvalue weighted by Crippen LogP contribution is -2.30. The molecule has 0 aliphatic heterocycles. The van der Waals surface area contributed by atoms with Crippen molar-refractivity contribution in [2.24, 2.45) is 0 Å². The van der Waals surface area contributed by atoms with E-state index in [1.165, 1.54) is 103 Å². The normalized spacial score (nSPS) is 12.8. The molecule has 66 heavy (non-hydrogen) atoms. The molecule has 1 atom stereocenters. The average molecular weight is 917 g/mol. The Morgan fingerprint density at radius 1 is 0.318 bits per heavy atom. The van der Waals surface area contributed by atoms with E-state index in [4.69, 9.17) is 14.2 Å². The van der Waals surface area contributed by atoms with Gasteiger partial charge in [0.25, 0.3) is 0 Å². The molecule has 0 amide bonds. The second-order valence-corrected chi connectivity index (χ2v) is 17.7. The number of esters is 3. The van der Waals surface area contributed by atoms with Crippen molar-refractivity contribution in [1.82, 2.24) is 0 Å². The Labute approximate surface area is 407 Å². The number of hydrogen-bond donors (Lipinski definition) is 0. The maximum absolute atomic E-state index is 12.8. The van der Waals surface area contributed by atoms with Crippen LogP contribution in [0.3, 0.4) is 0 Å². The van der Waals surface area contributed by atoms with E-state index in [0.29, 0.717) is 19.3 Å². The van der Waals surface area contributed by atoms with Gasteiger partial charge in [0.15, 0.2) is 6.10 Å². The number of hydrogen-bond acceptors (Lipinski definition) is 6. The van der Waals surface area contributed by atoms with Crippen LogP contribution in [0.15, 0.2) is 97.2 Å². The van der Waals surface area contributed by atoms with Gasteiger partial charge in [0.2, 0.25) is 0 Å². The molecule has 0 aromatic rings. The summed E-state index contributed by atoms with van der Waals surface area (Å²) in [5.74, 6) is -1.01. The summed E-state index contributed by atoms with van der Waals surface area (Å²) in [7, 11) is 0. The maximum Gasteiger partial charge on any atom is 0.306 e. The van der Waals surface area contributed by atoms with Gasteiger partial charge >= 0.3 is 17.9 Å². The average Bonchev–Trinajstić information content (AvgIpc) is 3.31. The van der Waals surface area contributed by atoms with Gasteiger partial charge in [0, 0.05) is 19.3 Å². The highest BCUT2D eigenvalue weighted by molar-refractivity contribution is 5.71. The van der Waals surface area contributed by atoms with E-state index < -0.39 is 6.10 Å². The van der Waals surface area contributed by atoms with Crippen molar-refractivity contribution in [1.29, 1.82) is 0 Å². The van der Waals surface area contributed by atoms with Crippen LogP contribution < -0.4 is 0 Å². The van der Waals surface area contributed by atoms with Gasteiger partial charge in [0.05, 0.1) is 0 Å². The monoisotopic (exact) mass is 917 g/mol. The molecular formula is C60H100O6. The first kappa shape index (κ1) is 62.3. The number of carbonyl (C=O) groups excluding carboxylic acids is 3. The van der Waals surface area contributed by atoms with Gasteiger partial charge < -0.3 is 14.2 Å². The molecule has 6 nitrogen and oxygen atoms in total. The molecular weight excluding hydrogens is 817 g/mol. The van der Waals surface area contributed by atoms with Crippen molar-refractivity contribution in [2.75, 3.05) is 13.2 Å². The summed E-state index contributed by atoms with van der Waals surface area (Å²) in [6.45, 7) is 6.40. The third-order valence-electron chi connectivity index (χ3n) is 11.3. The molecule has 1 unspecified atom stereocenters. The molecule has 0 bridgehead atoms. The number of ether oxygens (including phenoxy) is 3. The summed E-state index contributed by atoms with van der Waals surface area (Å²) >= 11 is 0. The lowest BCUT2D eigenvalue weighted by atomic mass is 10.1. The Bertz CT molecular complexity index is 1330. The van der Waals surface area contributed by atoms with Crippen molar-refractivity contribution >= 4 is 17.9 Å². The predicted molar refractivity (Wildman–Crippen MR) is 284 cm³/mol. The molecule has 0 fully saturated rings. The summed E-state index contributed by atoms with van der Waals surface area (Å²) < 4.78 is 16.7. The van der Waals surface area contributed by atoms with E-state index in [1.54, 1.807) is 0 Å². The van der Waals surface area contributed by atoms with Crippen LogP contribution in [0.4, 0.5) is 0 Å². The molecule has 0 aromatic heterocycles. The first-order chi connectivity index (χ1) is 32.5. The zero-order valence-corrected chi connectivity index (χ0v) is 42.9. The molecule has 0 N–H and O–H groups in total. The lowest BCUT2D eigenvalue weighted by molar-refractivity contribution is -0.166. The van der Waals surface area contributed by atoms with Crippen molar-refractivity contribution in [3.8, 4) is 0 Å². The highest BCUT2D eigenvalue weighted by atomic mass is 16.6. The Morgan fingerprint density at radius 3 is 1.06 bits per heavy atom. The fourth-order valence-electron chi connectivity index (χ4n) is 7.21. The summed E-state index contributed by atoms with van der Waals surface area (Å²) in [5, 5.41) is 0. The van der Waals surface area contributed by atoms with Gasteiger partial charge in [-0.15, -0.1) is 0 Å². The summed E-state index contributed by atoms with van der Waals surface area (Å²) in [6, 6.07) is 0. The smallest absolute Gasteiger partial charge is 0.306 e. The summed E-state index contributed by atoms with van der Waals surface area (Å²) in [4.78, 5) is 38.0. The Hall–Kier alpha value is -3.67. The van der Waals surface area contributed by atoms with Crippen LogP contribution >= 0.6 is 0 Å². The van der Waals surface area contributed by atoms with Crippen LogP contribution in [0.5, 0.6) is 0 Å². The van der Waals surface area contributed by atoms with Crippen molar-refractivity contribution in [3.05, 3.63) is 97.2 Å². The van der Waals surface area contributed by atoms with Gasteiger partial charge in [-0.05, 0) is 103 Å². The van der Waals surface area contributed by atoms with Gasteiger partial charge in [-0.2, -0.15) is 0 Å². The van der Waals surface area contributed by atoms with Gasteiger partial charge in [-0.1, -0.05) is 221 Å². The highest BCUT2D eigenvalue weighted by Gasteiger charge is 2.19. The van der Waals surface area contributed by atoms with E-state index in [2.05, 4.69) is 112 Å². The van der Waals surface area contributed by atoms with Gasteiger partial charge in [-0.3, -0.25) is 14.4 Å². The second kappa shape index (κ2) is 53.9. The fourth-order valence-corrected chi connectivity index (χ4v) is 7.21. The van der Waals surface area contributed by atoms with Crippen molar-refractivity contribution < 1.29 is 28.6 Å². The topological polar surface area (TPSA) is 78.9 Å². The van der Waals surface area contributed by atoms with Crippen LogP contribution in [0, 0.1) is 0 Å². The fraction of sp³-hybridized carbons (Fsp3) is 0.683. The number of unbranched alkanes of at least 4 members (excludes halogenated alkanes) is 21. The van der Waals surface area contributed by atoms with Crippen molar-refractivity contribution in [3.63, 3.8) is 0 Å². The zero-order valence-electron chi connectivity index (χ0n) is 42.9. The zero-order chi connectivity index (χ0) is 47.9. The summed E-state index contributed by atoms with van der Waals surface area (Å²) in [6.07, 6.45) is 71.3. The van der Waals surface area contributed by atoms with E-state index in [0.717, 1.165) is 96.3 Å². The molecule has 0 aliphatic rings. The van der Waals surface area contributed by atoms with Crippen LogP contribution in [0.2, 0.25) is 0 Å². The summed E-state index contributed by atoms with van der Waals surface area (Å²) in [5.41, 5.74) is 0. The standard InChI is InChI=1S/C60H100O6/c1-4-7-10-13-16-19-22-24-26-28-30-32-34-36-38-41-44-47-50-53-59(62)65-56-57(55-64-58(61)52-49-46-43-40-21-18-15-12-9-6-3)66-60(63)54-51-48-45-42-39-37-35-33-31-29-27-25-23-20-17-14-11-8-5-2/h7,10,15-16,18-19,24,26,29-32,36,38,44,47,57H,4-6,8-9,11-14,17,20-23,25,27-28,33-35,37,39-43,45-46,48-56H2,1-3H3/b10-7-,18-15-,19-16-,26-24-,31-29-,32-30-,38-36-,47-44-. The SMILES string of the molecule is CC/C=C\C/C=C\C/C=C\C/C=C\C/C=C\C/C=C\CCC(=O)OCC(COC(=O)CCCCCC/C=C\CCCC)OC(=O)CCCCCCCCC/C=C\CCCCCCCCCC. The Balaban J connectivity index is 4.46. The number of rotatable bonds is 48. The lowest BCUT2D eigenvalue weighted by Gasteiger charge is -2.18. The largest absolute Gasteiger partial charge is 0.462 e. The van der Waals surface area contributed by atoms with Crippen LogP contribution in [0.25, 0.3) is 0 Å². The third kappa shape index (κ3) is 51.3. The molecule has 376 valence electrons. The molecule has 0 aliphatic carbocycles. The van der Waals surface area contributed by atoms with Gasteiger partial charge in [0.1, 0.15) is 13.2 Å². The van der Waals surface area contributed by atoms with Crippen LogP contribution in [-0.2, 0) is 28.6 Å². The molecule has 0 radical (unpaired) electrons. The molecule has 0 heterocycles.